The summed E-state index contributed by atoms with van der Waals surface area (Å²) in [5.74, 6) is 0.873. The van der Waals surface area contributed by atoms with E-state index in [0.717, 1.165) is 38.5 Å². The van der Waals surface area contributed by atoms with Crippen LogP contribution < -0.4 is 5.63 Å². The lowest BCUT2D eigenvalue weighted by Crippen LogP contribution is -1.98. The number of rotatable bonds is 0. The molecule has 0 aliphatic rings. The zero-order chi connectivity index (χ0) is 13.9. The van der Waals surface area contributed by atoms with Crippen molar-refractivity contribution in [3.05, 3.63) is 58.1 Å². The van der Waals surface area contributed by atoms with Crippen LogP contribution in [0.3, 0.4) is 0 Å². The first-order valence-electron chi connectivity index (χ1n) is 6.50. The Morgan fingerprint density at radius 2 is 1.50 bits per heavy atom. The quantitative estimate of drug-likeness (QED) is 0.351. The van der Waals surface area contributed by atoms with Gasteiger partial charge in [0.15, 0.2) is 0 Å². The van der Waals surface area contributed by atoms with Crippen LogP contribution in [-0.4, -0.2) is 0 Å². The smallest absolute Gasteiger partial charge is 0.336 e. The summed E-state index contributed by atoms with van der Waals surface area (Å²) in [6.07, 6.45) is 0. The molecular formula is C17H12O3. The Hall–Kier alpha value is -2.55. The molecule has 0 aliphatic heterocycles. The lowest BCUT2D eigenvalue weighted by Gasteiger charge is -2.05. The van der Waals surface area contributed by atoms with E-state index in [2.05, 4.69) is 0 Å². The largest absolute Gasteiger partial charge is 0.461 e. The highest BCUT2D eigenvalue weighted by atomic mass is 16.4. The molecule has 0 aliphatic carbocycles. The highest BCUT2D eigenvalue weighted by molar-refractivity contribution is 6.14. The van der Waals surface area contributed by atoms with Crippen molar-refractivity contribution >= 4 is 32.7 Å². The monoisotopic (exact) mass is 264 g/mol. The van der Waals surface area contributed by atoms with Gasteiger partial charge in [-0.05, 0) is 37.6 Å². The van der Waals surface area contributed by atoms with Crippen LogP contribution in [0.4, 0.5) is 0 Å². The van der Waals surface area contributed by atoms with Crippen molar-refractivity contribution in [2.45, 2.75) is 13.8 Å². The van der Waals surface area contributed by atoms with Gasteiger partial charge in [0.1, 0.15) is 16.9 Å². The van der Waals surface area contributed by atoms with Gasteiger partial charge in [-0.3, -0.25) is 0 Å². The summed E-state index contributed by atoms with van der Waals surface area (Å²) in [7, 11) is 0. The van der Waals surface area contributed by atoms with Gasteiger partial charge in [0.05, 0.1) is 0 Å². The lowest BCUT2D eigenvalue weighted by atomic mass is 10.0. The molecule has 20 heavy (non-hydrogen) atoms. The van der Waals surface area contributed by atoms with Gasteiger partial charge in [0.25, 0.3) is 0 Å². The molecule has 98 valence electrons. The molecule has 2 heterocycles. The first-order valence-corrected chi connectivity index (χ1v) is 6.50. The van der Waals surface area contributed by atoms with Gasteiger partial charge in [0, 0.05) is 27.6 Å². The summed E-state index contributed by atoms with van der Waals surface area (Å²) < 4.78 is 11.2. The second-order valence-electron chi connectivity index (χ2n) is 5.13. The van der Waals surface area contributed by atoms with E-state index in [1.807, 2.05) is 44.2 Å². The number of benzene rings is 2. The molecule has 4 rings (SSSR count). The van der Waals surface area contributed by atoms with Crippen LogP contribution in [0.1, 0.15) is 11.3 Å². The third-order valence-electron chi connectivity index (χ3n) is 3.72. The third kappa shape index (κ3) is 1.43. The Morgan fingerprint density at radius 1 is 0.800 bits per heavy atom. The maximum atomic E-state index is 11.6. The molecule has 2 aromatic carbocycles. The van der Waals surface area contributed by atoms with E-state index in [-0.39, 0.29) is 5.63 Å². The summed E-state index contributed by atoms with van der Waals surface area (Å²) in [5.41, 5.74) is 2.07. The minimum atomic E-state index is -0.321. The summed E-state index contributed by atoms with van der Waals surface area (Å²) >= 11 is 0. The van der Waals surface area contributed by atoms with E-state index in [0.29, 0.717) is 5.58 Å². The van der Waals surface area contributed by atoms with Crippen LogP contribution in [-0.2, 0) is 0 Å². The summed E-state index contributed by atoms with van der Waals surface area (Å²) in [5, 5.41) is 3.89. The lowest BCUT2D eigenvalue weighted by molar-refractivity contribution is 0.562. The van der Waals surface area contributed by atoms with E-state index < -0.39 is 0 Å². The first kappa shape index (κ1) is 11.3. The molecular weight excluding hydrogens is 252 g/mol. The molecule has 0 atom stereocenters. The zero-order valence-corrected chi connectivity index (χ0v) is 11.2. The molecule has 0 saturated carbocycles. The Kier molecular flexibility index (Phi) is 2.11. The predicted octanol–water partition coefficient (Wildman–Crippen LogP) is 4.31. The van der Waals surface area contributed by atoms with Gasteiger partial charge in [-0.1, -0.05) is 12.1 Å². The average molecular weight is 264 g/mol. The van der Waals surface area contributed by atoms with Crippen molar-refractivity contribution in [2.75, 3.05) is 0 Å². The number of aryl methyl sites for hydroxylation is 2. The van der Waals surface area contributed by atoms with E-state index in [1.54, 1.807) is 0 Å². The highest BCUT2D eigenvalue weighted by Gasteiger charge is 2.11. The SMILES string of the molecule is Cc1cc2ccc3c(ccc4c(C)cc(=O)oc43)c2o1. The fraction of sp³-hybridized carbons (Fsp3) is 0.118. The van der Waals surface area contributed by atoms with Crippen molar-refractivity contribution in [2.24, 2.45) is 0 Å². The van der Waals surface area contributed by atoms with Gasteiger partial charge in [0.2, 0.25) is 0 Å². The van der Waals surface area contributed by atoms with E-state index in [1.165, 1.54) is 6.07 Å². The van der Waals surface area contributed by atoms with Crippen molar-refractivity contribution < 1.29 is 8.83 Å². The topological polar surface area (TPSA) is 43.4 Å². The summed E-state index contributed by atoms with van der Waals surface area (Å²) in [6.45, 7) is 3.85. The number of fused-ring (bicyclic) bond motifs is 5. The van der Waals surface area contributed by atoms with Crippen LogP contribution in [0.5, 0.6) is 0 Å². The first-order chi connectivity index (χ1) is 9.63. The normalized spacial score (nSPS) is 11.7. The molecule has 4 aromatic rings. The average Bonchev–Trinajstić information content (AvgIpc) is 2.78. The minimum absolute atomic E-state index is 0.321. The third-order valence-corrected chi connectivity index (χ3v) is 3.72. The highest BCUT2D eigenvalue weighted by Crippen LogP contribution is 2.33. The molecule has 0 bridgehead atoms. The molecule has 0 radical (unpaired) electrons. The van der Waals surface area contributed by atoms with Gasteiger partial charge in [-0.2, -0.15) is 0 Å². The maximum absolute atomic E-state index is 11.6. The van der Waals surface area contributed by atoms with Crippen molar-refractivity contribution in [3.8, 4) is 0 Å². The van der Waals surface area contributed by atoms with E-state index in [9.17, 15) is 4.79 Å². The molecule has 3 nitrogen and oxygen atoms in total. The molecule has 2 aromatic heterocycles. The second kappa shape index (κ2) is 3.73. The molecule has 0 amide bonds. The van der Waals surface area contributed by atoms with Crippen LogP contribution in [0.15, 0.2) is 50.0 Å². The molecule has 3 heteroatoms. The molecule has 0 fully saturated rings. The van der Waals surface area contributed by atoms with Gasteiger partial charge < -0.3 is 8.83 Å². The maximum Gasteiger partial charge on any atom is 0.336 e. The predicted molar refractivity (Wildman–Crippen MR) is 79.2 cm³/mol. The van der Waals surface area contributed by atoms with Crippen molar-refractivity contribution in [3.63, 3.8) is 0 Å². The molecule has 0 spiro atoms. The number of hydrogen-bond donors (Lipinski definition) is 0. The Labute approximate surface area is 114 Å². The van der Waals surface area contributed by atoms with Gasteiger partial charge in [-0.25, -0.2) is 4.79 Å². The summed E-state index contributed by atoms with van der Waals surface area (Å²) in [4.78, 5) is 11.6. The van der Waals surface area contributed by atoms with Crippen LogP contribution in [0, 0.1) is 13.8 Å². The van der Waals surface area contributed by atoms with Gasteiger partial charge >= 0.3 is 5.63 Å². The standard InChI is InChI=1S/C17H12O3/c1-9-7-15(18)20-17-12(9)5-6-13-14(17)4-3-11-8-10(2)19-16(11)13/h3-8H,1-2H3. The van der Waals surface area contributed by atoms with E-state index in [4.69, 9.17) is 8.83 Å². The zero-order valence-electron chi connectivity index (χ0n) is 11.2. The number of hydrogen-bond acceptors (Lipinski definition) is 3. The van der Waals surface area contributed by atoms with Gasteiger partial charge in [-0.15, -0.1) is 0 Å². The molecule has 0 saturated heterocycles. The Balaban J connectivity index is 2.31. The summed E-state index contributed by atoms with van der Waals surface area (Å²) in [6, 6.07) is 11.5. The van der Waals surface area contributed by atoms with Crippen molar-refractivity contribution in [1.29, 1.82) is 0 Å². The fourth-order valence-electron chi connectivity index (χ4n) is 2.81. The van der Waals surface area contributed by atoms with E-state index >= 15 is 0 Å². The second-order valence-corrected chi connectivity index (χ2v) is 5.13. The number of furan rings is 1. The molecule has 0 unspecified atom stereocenters. The van der Waals surface area contributed by atoms with Crippen LogP contribution in [0.25, 0.3) is 32.7 Å². The van der Waals surface area contributed by atoms with Crippen LogP contribution >= 0.6 is 0 Å². The fourth-order valence-corrected chi connectivity index (χ4v) is 2.81. The Bertz CT molecular complexity index is 1030. The van der Waals surface area contributed by atoms with Crippen LogP contribution in [0.2, 0.25) is 0 Å². The Morgan fingerprint density at radius 3 is 2.35 bits per heavy atom. The van der Waals surface area contributed by atoms with Crippen molar-refractivity contribution in [1.82, 2.24) is 0 Å². The molecule has 0 N–H and O–H groups in total. The minimum Gasteiger partial charge on any atom is -0.461 e.